The van der Waals surface area contributed by atoms with E-state index >= 15 is 0 Å². The molecule has 0 aliphatic heterocycles. The van der Waals surface area contributed by atoms with Gasteiger partial charge in [-0.05, 0) is 43.3 Å². The number of benzene rings is 2. The summed E-state index contributed by atoms with van der Waals surface area (Å²) in [4.78, 5) is 12.7. The van der Waals surface area contributed by atoms with Crippen LogP contribution in [-0.2, 0) is 11.8 Å². The van der Waals surface area contributed by atoms with Crippen LogP contribution in [0.5, 0.6) is 11.5 Å². The van der Waals surface area contributed by atoms with Gasteiger partial charge in [0.05, 0.1) is 31.2 Å². The molecule has 0 unspecified atom stereocenters. The maximum absolute atomic E-state index is 12.7. The van der Waals surface area contributed by atoms with E-state index in [4.69, 9.17) is 21.1 Å². The summed E-state index contributed by atoms with van der Waals surface area (Å²) in [7, 11) is 4.96. The van der Waals surface area contributed by atoms with E-state index in [1.54, 1.807) is 49.2 Å². The molecular weight excluding hydrogens is 476 g/mol. The van der Waals surface area contributed by atoms with Crippen molar-refractivity contribution < 1.29 is 14.3 Å². The van der Waals surface area contributed by atoms with Crippen molar-refractivity contribution in [3.8, 4) is 28.6 Å². The average Bonchev–Trinajstić information content (AvgIpc) is 3.39. The summed E-state index contributed by atoms with van der Waals surface area (Å²) in [5.74, 6) is 1.69. The van der Waals surface area contributed by atoms with Crippen LogP contribution < -0.4 is 14.8 Å². The summed E-state index contributed by atoms with van der Waals surface area (Å²) in [5, 5.41) is 17.3. The first-order chi connectivity index (χ1) is 16.4. The Kier molecular flexibility index (Phi) is 7.09. The molecular formula is C23H23ClN6O3S. The van der Waals surface area contributed by atoms with E-state index in [1.807, 2.05) is 36.9 Å². The van der Waals surface area contributed by atoms with Crippen molar-refractivity contribution in [2.45, 2.75) is 12.1 Å². The van der Waals surface area contributed by atoms with Gasteiger partial charge in [-0.15, -0.1) is 10.2 Å². The lowest BCUT2D eigenvalue weighted by Crippen LogP contribution is -2.14. The Balaban J connectivity index is 1.58. The molecule has 0 radical (unpaired) electrons. The molecule has 0 spiro atoms. The van der Waals surface area contributed by atoms with Gasteiger partial charge in [-0.1, -0.05) is 23.4 Å². The van der Waals surface area contributed by atoms with E-state index < -0.39 is 0 Å². The first-order valence-electron chi connectivity index (χ1n) is 10.3. The highest BCUT2D eigenvalue weighted by molar-refractivity contribution is 7.99. The van der Waals surface area contributed by atoms with Gasteiger partial charge in [0.2, 0.25) is 5.91 Å². The maximum atomic E-state index is 12.7. The zero-order valence-corrected chi connectivity index (χ0v) is 20.6. The van der Waals surface area contributed by atoms with Crippen molar-refractivity contribution >= 4 is 35.0 Å². The van der Waals surface area contributed by atoms with Crippen molar-refractivity contribution in [3.05, 3.63) is 59.4 Å². The molecule has 0 bridgehead atoms. The third kappa shape index (κ3) is 5.02. The lowest BCUT2D eigenvalue weighted by molar-refractivity contribution is -0.113. The Morgan fingerprint density at radius 2 is 1.82 bits per heavy atom. The van der Waals surface area contributed by atoms with Crippen molar-refractivity contribution in [1.29, 1.82) is 0 Å². The molecule has 176 valence electrons. The van der Waals surface area contributed by atoms with Gasteiger partial charge in [0, 0.05) is 35.7 Å². The monoisotopic (exact) mass is 498 g/mol. The first-order valence-corrected chi connectivity index (χ1v) is 11.6. The number of carbonyl (C=O) groups excluding carboxylic acids is 1. The highest BCUT2D eigenvalue weighted by Crippen LogP contribution is 2.31. The lowest BCUT2D eigenvalue weighted by Gasteiger charge is -2.11. The minimum absolute atomic E-state index is 0.131. The Labute approximate surface area is 206 Å². The van der Waals surface area contributed by atoms with Crippen LogP contribution in [0.15, 0.2) is 53.8 Å². The Bertz CT molecular complexity index is 1320. The predicted molar refractivity (Wildman–Crippen MR) is 132 cm³/mol. The van der Waals surface area contributed by atoms with E-state index in [0.717, 1.165) is 16.9 Å². The fourth-order valence-electron chi connectivity index (χ4n) is 3.42. The Morgan fingerprint density at radius 1 is 1.09 bits per heavy atom. The van der Waals surface area contributed by atoms with Crippen molar-refractivity contribution in [3.63, 3.8) is 0 Å². The number of amides is 1. The molecule has 2 aromatic carbocycles. The Hall–Kier alpha value is -3.50. The number of anilines is 1. The standard InChI is InChI=1S/C23H23ClN6O3S/c1-14-18(12-29(2)28-14)22-26-27-23(30(22)17-8-5-15(24)6-9-17)34-13-21(31)25-16-7-10-19(32-3)20(11-16)33-4/h5-12H,13H2,1-4H3,(H,25,31). The third-order valence-electron chi connectivity index (χ3n) is 4.97. The molecule has 2 aromatic heterocycles. The van der Waals surface area contributed by atoms with Gasteiger partial charge in [0.25, 0.3) is 0 Å². The molecule has 0 fully saturated rings. The minimum atomic E-state index is -0.193. The summed E-state index contributed by atoms with van der Waals surface area (Å²) in [6.07, 6.45) is 1.89. The van der Waals surface area contributed by atoms with Gasteiger partial charge in [0.15, 0.2) is 22.5 Å². The quantitative estimate of drug-likeness (QED) is 0.360. The number of nitrogens with one attached hydrogen (secondary N) is 1. The number of aromatic nitrogens is 5. The average molecular weight is 499 g/mol. The van der Waals surface area contributed by atoms with Crippen LogP contribution in [0.2, 0.25) is 5.02 Å². The molecule has 34 heavy (non-hydrogen) atoms. The number of ether oxygens (including phenoxy) is 2. The van der Waals surface area contributed by atoms with Crippen LogP contribution in [-0.4, -0.2) is 50.4 Å². The number of methoxy groups -OCH3 is 2. The second-order valence-electron chi connectivity index (χ2n) is 7.33. The summed E-state index contributed by atoms with van der Waals surface area (Å²) in [6, 6.07) is 12.6. The minimum Gasteiger partial charge on any atom is -0.493 e. The van der Waals surface area contributed by atoms with E-state index in [2.05, 4.69) is 20.6 Å². The SMILES string of the molecule is COc1ccc(NC(=O)CSc2nnc(-c3cn(C)nc3C)n2-c2ccc(Cl)cc2)cc1OC. The van der Waals surface area contributed by atoms with E-state index in [9.17, 15) is 4.79 Å². The van der Waals surface area contributed by atoms with Crippen LogP contribution in [0, 0.1) is 6.92 Å². The van der Waals surface area contributed by atoms with Crippen molar-refractivity contribution in [1.82, 2.24) is 24.5 Å². The third-order valence-corrected chi connectivity index (χ3v) is 6.15. The highest BCUT2D eigenvalue weighted by atomic mass is 35.5. The number of hydrogen-bond acceptors (Lipinski definition) is 7. The van der Waals surface area contributed by atoms with Crippen LogP contribution in [0.1, 0.15) is 5.69 Å². The number of thioether (sulfide) groups is 1. The van der Waals surface area contributed by atoms with E-state index in [1.165, 1.54) is 11.8 Å². The Morgan fingerprint density at radius 3 is 2.47 bits per heavy atom. The number of hydrogen-bond donors (Lipinski definition) is 1. The fourth-order valence-corrected chi connectivity index (χ4v) is 4.30. The molecule has 2 heterocycles. The second kappa shape index (κ2) is 10.2. The molecule has 1 amide bonds. The zero-order chi connectivity index (χ0) is 24.2. The van der Waals surface area contributed by atoms with Gasteiger partial charge in [-0.3, -0.25) is 14.0 Å². The molecule has 1 N–H and O–H groups in total. The lowest BCUT2D eigenvalue weighted by atomic mass is 10.2. The topological polar surface area (TPSA) is 96.1 Å². The molecule has 0 aliphatic carbocycles. The largest absolute Gasteiger partial charge is 0.493 e. The molecule has 0 saturated heterocycles. The summed E-state index contributed by atoms with van der Waals surface area (Å²) < 4.78 is 14.2. The van der Waals surface area contributed by atoms with Crippen LogP contribution in [0.3, 0.4) is 0 Å². The van der Waals surface area contributed by atoms with E-state index in [-0.39, 0.29) is 11.7 Å². The number of halogens is 1. The predicted octanol–water partition coefficient (Wildman–Crippen LogP) is 4.38. The molecule has 9 nitrogen and oxygen atoms in total. The van der Waals surface area contributed by atoms with Crippen LogP contribution in [0.4, 0.5) is 5.69 Å². The molecule has 0 saturated carbocycles. The van der Waals surface area contributed by atoms with Gasteiger partial charge in [-0.25, -0.2) is 0 Å². The maximum Gasteiger partial charge on any atom is 0.234 e. The molecule has 11 heteroatoms. The number of aryl methyl sites for hydroxylation is 2. The number of carbonyl (C=O) groups is 1. The summed E-state index contributed by atoms with van der Waals surface area (Å²) in [5.41, 5.74) is 3.11. The van der Waals surface area contributed by atoms with Gasteiger partial charge in [0.1, 0.15) is 0 Å². The molecule has 0 atom stereocenters. The van der Waals surface area contributed by atoms with Crippen LogP contribution >= 0.6 is 23.4 Å². The molecule has 0 aliphatic rings. The normalized spacial score (nSPS) is 10.9. The smallest absolute Gasteiger partial charge is 0.234 e. The summed E-state index contributed by atoms with van der Waals surface area (Å²) >= 11 is 7.37. The second-order valence-corrected chi connectivity index (χ2v) is 8.71. The van der Waals surface area contributed by atoms with E-state index in [0.29, 0.717) is 33.2 Å². The molecule has 4 aromatic rings. The van der Waals surface area contributed by atoms with Gasteiger partial charge >= 0.3 is 0 Å². The van der Waals surface area contributed by atoms with Gasteiger partial charge in [-0.2, -0.15) is 5.10 Å². The molecule has 4 rings (SSSR count). The number of rotatable bonds is 8. The summed E-state index contributed by atoms with van der Waals surface area (Å²) in [6.45, 7) is 1.92. The number of nitrogens with zero attached hydrogens (tertiary/aromatic N) is 5. The van der Waals surface area contributed by atoms with Crippen molar-refractivity contribution in [2.24, 2.45) is 7.05 Å². The zero-order valence-electron chi connectivity index (χ0n) is 19.1. The van der Waals surface area contributed by atoms with Crippen molar-refractivity contribution in [2.75, 3.05) is 25.3 Å². The highest BCUT2D eigenvalue weighted by Gasteiger charge is 2.20. The van der Waals surface area contributed by atoms with Crippen LogP contribution in [0.25, 0.3) is 17.1 Å². The van der Waals surface area contributed by atoms with Gasteiger partial charge < -0.3 is 14.8 Å². The first kappa shape index (κ1) is 23.7. The fraction of sp³-hybridized carbons (Fsp3) is 0.217.